The first-order valence-electron chi connectivity index (χ1n) is 8.49. The molecule has 1 aromatic carbocycles. The van der Waals surface area contributed by atoms with Crippen LogP contribution in [0.4, 0.5) is 16.5 Å². The van der Waals surface area contributed by atoms with Gasteiger partial charge in [-0.25, -0.2) is 0 Å². The van der Waals surface area contributed by atoms with Crippen molar-refractivity contribution < 1.29 is 9.59 Å². The number of hydrogen-bond donors (Lipinski definition) is 2. The molecule has 0 saturated carbocycles. The summed E-state index contributed by atoms with van der Waals surface area (Å²) in [5.74, 6) is 0.114. The maximum Gasteiger partial charge on any atom is 0.237 e. The molecule has 2 aromatic rings. The Labute approximate surface area is 160 Å². The number of anilines is 3. The highest BCUT2D eigenvalue weighted by molar-refractivity contribution is 8.01. The van der Waals surface area contributed by atoms with Crippen LogP contribution in [-0.4, -0.2) is 40.4 Å². The van der Waals surface area contributed by atoms with E-state index in [1.165, 1.54) is 23.1 Å². The van der Waals surface area contributed by atoms with Crippen LogP contribution in [0.15, 0.2) is 28.6 Å². The number of nitrogens with one attached hydrogen (secondary N) is 2. The number of para-hydroxylation sites is 2. The molecule has 2 heterocycles. The van der Waals surface area contributed by atoms with E-state index >= 15 is 0 Å². The van der Waals surface area contributed by atoms with Gasteiger partial charge in [0.15, 0.2) is 4.34 Å². The van der Waals surface area contributed by atoms with Crippen LogP contribution in [0, 0.1) is 0 Å². The maximum atomic E-state index is 12.9. The van der Waals surface area contributed by atoms with Crippen LogP contribution in [0.1, 0.15) is 26.7 Å². The Morgan fingerprint density at radius 1 is 1.42 bits per heavy atom. The summed E-state index contributed by atoms with van der Waals surface area (Å²) in [5.41, 5.74) is 1.40. The van der Waals surface area contributed by atoms with Crippen molar-refractivity contribution in [3.8, 4) is 0 Å². The van der Waals surface area contributed by atoms with Crippen molar-refractivity contribution >= 4 is 51.4 Å². The van der Waals surface area contributed by atoms with E-state index in [9.17, 15) is 9.59 Å². The predicted molar refractivity (Wildman–Crippen MR) is 106 cm³/mol. The quantitative estimate of drug-likeness (QED) is 0.735. The molecule has 7 nitrogen and oxygen atoms in total. The van der Waals surface area contributed by atoms with Crippen molar-refractivity contribution in [3.05, 3.63) is 24.3 Å². The van der Waals surface area contributed by atoms with Gasteiger partial charge in [-0.15, -0.1) is 10.2 Å². The third-order valence-electron chi connectivity index (χ3n) is 3.88. The molecule has 0 spiro atoms. The van der Waals surface area contributed by atoms with Crippen LogP contribution >= 0.6 is 23.1 Å². The molecule has 0 unspecified atom stereocenters. The largest absolute Gasteiger partial charge is 0.360 e. The summed E-state index contributed by atoms with van der Waals surface area (Å²) in [4.78, 5) is 26.6. The summed E-state index contributed by atoms with van der Waals surface area (Å²) < 4.78 is 0.752. The summed E-state index contributed by atoms with van der Waals surface area (Å²) in [6.45, 7) is 4.82. The van der Waals surface area contributed by atoms with Crippen LogP contribution in [0.3, 0.4) is 0 Å². The molecular weight excluding hydrogens is 370 g/mol. The van der Waals surface area contributed by atoms with E-state index < -0.39 is 0 Å². The van der Waals surface area contributed by atoms with Crippen molar-refractivity contribution in [1.82, 2.24) is 10.2 Å². The average molecular weight is 392 g/mol. The fourth-order valence-electron chi connectivity index (χ4n) is 2.73. The molecule has 1 atom stereocenters. The minimum atomic E-state index is -0.206. The number of thioether (sulfide) groups is 1. The van der Waals surface area contributed by atoms with Gasteiger partial charge >= 0.3 is 0 Å². The number of benzene rings is 1. The third kappa shape index (κ3) is 4.34. The fraction of sp³-hybridized carbons (Fsp3) is 0.412. The topological polar surface area (TPSA) is 87.2 Å². The Balaban J connectivity index is 1.70. The van der Waals surface area contributed by atoms with Gasteiger partial charge in [0.2, 0.25) is 16.9 Å². The second kappa shape index (κ2) is 8.50. The Hall–Kier alpha value is -2.13. The average Bonchev–Trinajstić information content (AvgIpc) is 3.02. The molecule has 0 radical (unpaired) electrons. The standard InChI is InChI=1S/C17H21N5O2S2/c1-3-8-18-16-20-21-17(26-16)25-10-15(24)22-11(2)9-14(23)19-12-6-4-5-7-13(12)22/h4-7,11H,3,8-10H2,1-2H3,(H,18,20)(H,19,23)/t11-/m0/s1. The highest BCUT2D eigenvalue weighted by Crippen LogP contribution is 2.33. The van der Waals surface area contributed by atoms with Gasteiger partial charge in [0.1, 0.15) is 0 Å². The normalized spacial score (nSPS) is 16.6. The van der Waals surface area contributed by atoms with E-state index in [4.69, 9.17) is 0 Å². The van der Waals surface area contributed by atoms with Crippen LogP contribution in [0.5, 0.6) is 0 Å². The van der Waals surface area contributed by atoms with Gasteiger partial charge in [0.25, 0.3) is 0 Å². The Kier molecular flexibility index (Phi) is 6.10. The van der Waals surface area contributed by atoms with E-state index in [1.54, 1.807) is 4.90 Å². The molecule has 26 heavy (non-hydrogen) atoms. The summed E-state index contributed by atoms with van der Waals surface area (Å²) >= 11 is 2.81. The molecule has 0 aliphatic carbocycles. The van der Waals surface area contributed by atoms with Crippen LogP contribution in [0.2, 0.25) is 0 Å². The summed E-state index contributed by atoms with van der Waals surface area (Å²) in [7, 11) is 0. The van der Waals surface area contributed by atoms with Crippen LogP contribution < -0.4 is 15.5 Å². The lowest BCUT2D eigenvalue weighted by Crippen LogP contribution is -2.40. The Morgan fingerprint density at radius 2 is 2.23 bits per heavy atom. The van der Waals surface area contributed by atoms with Gasteiger partial charge < -0.3 is 15.5 Å². The molecule has 3 rings (SSSR count). The monoisotopic (exact) mass is 391 g/mol. The first-order valence-corrected chi connectivity index (χ1v) is 10.3. The van der Waals surface area contributed by atoms with E-state index in [-0.39, 0.29) is 30.0 Å². The van der Waals surface area contributed by atoms with Gasteiger partial charge in [-0.2, -0.15) is 0 Å². The van der Waals surface area contributed by atoms with E-state index in [1.807, 2.05) is 31.2 Å². The zero-order chi connectivity index (χ0) is 18.5. The second-order valence-electron chi connectivity index (χ2n) is 5.97. The summed E-state index contributed by atoms with van der Waals surface area (Å²) in [6.07, 6.45) is 1.29. The number of fused-ring (bicyclic) bond motifs is 1. The number of nitrogens with zero attached hydrogens (tertiary/aromatic N) is 3. The van der Waals surface area contributed by atoms with Gasteiger partial charge in [-0.3, -0.25) is 9.59 Å². The predicted octanol–water partition coefficient (Wildman–Crippen LogP) is 3.22. The van der Waals surface area contributed by atoms with Gasteiger partial charge in [0, 0.05) is 19.0 Å². The van der Waals surface area contributed by atoms with Gasteiger partial charge in [-0.05, 0) is 25.5 Å². The zero-order valence-electron chi connectivity index (χ0n) is 14.7. The van der Waals surface area contributed by atoms with Gasteiger partial charge in [0.05, 0.1) is 17.1 Å². The maximum absolute atomic E-state index is 12.9. The summed E-state index contributed by atoms with van der Waals surface area (Å²) in [6, 6.07) is 7.18. The molecule has 1 aliphatic rings. The molecule has 1 aliphatic heterocycles. The van der Waals surface area contributed by atoms with Crippen molar-refractivity contribution in [2.45, 2.75) is 37.1 Å². The van der Waals surface area contributed by atoms with Crippen LogP contribution in [0.25, 0.3) is 0 Å². The smallest absolute Gasteiger partial charge is 0.237 e. The molecule has 0 fully saturated rings. The molecular formula is C17H21N5O2S2. The lowest BCUT2D eigenvalue weighted by atomic mass is 10.2. The van der Waals surface area contributed by atoms with Crippen LogP contribution in [-0.2, 0) is 9.59 Å². The van der Waals surface area contributed by atoms with Crippen molar-refractivity contribution in [2.24, 2.45) is 0 Å². The summed E-state index contributed by atoms with van der Waals surface area (Å²) in [5, 5.41) is 15.0. The number of carbonyl (C=O) groups excluding carboxylic acids is 2. The molecule has 138 valence electrons. The van der Waals surface area contributed by atoms with Crippen molar-refractivity contribution in [3.63, 3.8) is 0 Å². The molecule has 1 aromatic heterocycles. The minimum absolute atomic E-state index is 0.0512. The minimum Gasteiger partial charge on any atom is -0.360 e. The molecule has 0 saturated heterocycles. The number of rotatable bonds is 6. The molecule has 2 amide bonds. The fourth-order valence-corrected chi connectivity index (χ4v) is 4.37. The number of carbonyl (C=O) groups is 2. The van der Waals surface area contributed by atoms with E-state index in [0.29, 0.717) is 5.69 Å². The van der Waals surface area contributed by atoms with E-state index in [0.717, 1.165) is 28.1 Å². The number of amides is 2. The van der Waals surface area contributed by atoms with E-state index in [2.05, 4.69) is 27.8 Å². The number of hydrogen-bond acceptors (Lipinski definition) is 7. The van der Waals surface area contributed by atoms with Gasteiger partial charge in [-0.1, -0.05) is 42.2 Å². The Morgan fingerprint density at radius 3 is 3.04 bits per heavy atom. The SMILES string of the molecule is CCCNc1nnc(SCC(=O)N2c3ccccc3NC(=O)C[C@@H]2C)s1. The molecule has 0 bridgehead atoms. The second-order valence-corrected chi connectivity index (χ2v) is 8.17. The van der Waals surface area contributed by atoms with Crippen molar-refractivity contribution in [2.75, 3.05) is 27.8 Å². The molecule has 9 heteroatoms. The zero-order valence-corrected chi connectivity index (χ0v) is 16.3. The van der Waals surface area contributed by atoms with Crippen molar-refractivity contribution in [1.29, 1.82) is 0 Å². The third-order valence-corrected chi connectivity index (χ3v) is 5.88. The number of aromatic nitrogens is 2. The lowest BCUT2D eigenvalue weighted by molar-refractivity contribution is -0.117. The molecule has 2 N–H and O–H groups in total. The first kappa shape index (κ1) is 18.7. The first-order chi connectivity index (χ1) is 12.6. The highest BCUT2D eigenvalue weighted by Gasteiger charge is 2.29. The Bertz CT molecular complexity index is 795. The highest BCUT2D eigenvalue weighted by atomic mass is 32.2. The lowest BCUT2D eigenvalue weighted by Gasteiger charge is -2.27.